The van der Waals surface area contributed by atoms with Gasteiger partial charge >= 0.3 is 11.9 Å². The molecule has 1 aliphatic rings. The van der Waals surface area contributed by atoms with Crippen LogP contribution in [0.2, 0.25) is 0 Å². The van der Waals surface area contributed by atoms with E-state index in [9.17, 15) is 29.1 Å². The molecule has 33 heavy (non-hydrogen) atoms. The number of hydrogen-bond acceptors (Lipinski definition) is 6. The summed E-state index contributed by atoms with van der Waals surface area (Å²) in [6.07, 6.45) is 1.79. The molecule has 0 aliphatic carbocycles. The fourth-order valence-corrected chi connectivity index (χ4v) is 3.80. The number of aliphatic carboxylic acids is 2. The molecule has 3 amide bonds. The van der Waals surface area contributed by atoms with Crippen LogP contribution in [0.1, 0.15) is 66.2 Å². The lowest BCUT2D eigenvalue weighted by molar-refractivity contribution is -0.145. The van der Waals surface area contributed by atoms with Crippen LogP contribution in [0.3, 0.4) is 0 Å². The number of rotatable bonds is 13. The molecule has 0 aromatic rings. The molecule has 188 valence electrons. The van der Waals surface area contributed by atoms with E-state index in [4.69, 9.17) is 10.8 Å². The van der Waals surface area contributed by atoms with Gasteiger partial charge in [-0.05, 0) is 31.1 Å². The summed E-state index contributed by atoms with van der Waals surface area (Å²) in [6, 6.07) is -3.90. The number of nitrogens with zero attached hydrogens (tertiary/aromatic N) is 1. The Balaban J connectivity index is 2.94. The van der Waals surface area contributed by atoms with Crippen LogP contribution in [0.25, 0.3) is 0 Å². The van der Waals surface area contributed by atoms with Gasteiger partial charge in [0.15, 0.2) is 0 Å². The number of carbonyl (C=O) groups excluding carboxylic acids is 3. The average molecular weight is 471 g/mol. The zero-order valence-electron chi connectivity index (χ0n) is 19.9. The summed E-state index contributed by atoms with van der Waals surface area (Å²) in [4.78, 5) is 62.4. The Bertz CT molecular complexity index is 730. The van der Waals surface area contributed by atoms with Crippen molar-refractivity contribution in [1.82, 2.24) is 15.5 Å². The predicted molar refractivity (Wildman–Crippen MR) is 120 cm³/mol. The normalized spacial score (nSPS) is 20.3. The van der Waals surface area contributed by atoms with Gasteiger partial charge in [0.1, 0.15) is 18.1 Å². The van der Waals surface area contributed by atoms with E-state index in [1.807, 2.05) is 13.8 Å². The number of amides is 3. The topological polar surface area (TPSA) is 179 Å². The molecule has 0 bridgehead atoms. The molecule has 6 N–H and O–H groups in total. The van der Waals surface area contributed by atoms with Crippen LogP contribution in [0.5, 0.6) is 0 Å². The molecule has 1 fully saturated rings. The Hall–Kier alpha value is -2.69. The lowest BCUT2D eigenvalue weighted by Crippen LogP contribution is -2.58. The molecule has 0 radical (unpaired) electrons. The minimum atomic E-state index is -1.14. The summed E-state index contributed by atoms with van der Waals surface area (Å²) in [5.74, 6) is -4.37. The van der Waals surface area contributed by atoms with Gasteiger partial charge in [0.25, 0.3) is 0 Å². The van der Waals surface area contributed by atoms with Crippen molar-refractivity contribution in [1.29, 1.82) is 0 Å². The van der Waals surface area contributed by atoms with Crippen molar-refractivity contribution in [2.45, 2.75) is 90.4 Å². The van der Waals surface area contributed by atoms with Crippen LogP contribution in [-0.2, 0) is 24.0 Å². The van der Waals surface area contributed by atoms with Crippen molar-refractivity contribution >= 4 is 29.7 Å². The highest BCUT2D eigenvalue weighted by Gasteiger charge is 2.39. The number of carboxylic acid groups (broad SMARTS) is 2. The number of nitrogens with one attached hydrogen (secondary N) is 2. The number of carbonyl (C=O) groups is 5. The lowest BCUT2D eigenvalue weighted by Gasteiger charge is -2.31. The molecule has 6 atom stereocenters. The van der Waals surface area contributed by atoms with Crippen molar-refractivity contribution in [3.8, 4) is 0 Å². The quantitative estimate of drug-likeness (QED) is 0.255. The largest absolute Gasteiger partial charge is 0.481 e. The third-order valence-corrected chi connectivity index (χ3v) is 6.39. The van der Waals surface area contributed by atoms with Crippen LogP contribution in [-0.4, -0.2) is 75.5 Å². The van der Waals surface area contributed by atoms with Crippen molar-refractivity contribution in [3.63, 3.8) is 0 Å². The highest BCUT2D eigenvalue weighted by atomic mass is 16.4. The Morgan fingerprint density at radius 3 is 2.09 bits per heavy atom. The molecular formula is C22H38N4O7. The average Bonchev–Trinajstić information content (AvgIpc) is 3.27. The van der Waals surface area contributed by atoms with Crippen LogP contribution in [0.15, 0.2) is 0 Å². The van der Waals surface area contributed by atoms with Crippen molar-refractivity contribution in [2.24, 2.45) is 17.6 Å². The van der Waals surface area contributed by atoms with E-state index in [0.717, 1.165) is 0 Å². The zero-order valence-corrected chi connectivity index (χ0v) is 19.9. The fraction of sp³-hybridized carbons (Fsp3) is 0.773. The highest BCUT2D eigenvalue weighted by molar-refractivity contribution is 5.94. The van der Waals surface area contributed by atoms with Gasteiger partial charge in [0.05, 0.1) is 6.04 Å². The van der Waals surface area contributed by atoms with Gasteiger partial charge in [-0.2, -0.15) is 0 Å². The van der Waals surface area contributed by atoms with E-state index in [-0.39, 0.29) is 24.7 Å². The first-order valence-electron chi connectivity index (χ1n) is 11.6. The second kappa shape index (κ2) is 13.1. The van der Waals surface area contributed by atoms with Gasteiger partial charge in [0, 0.05) is 13.0 Å². The molecule has 1 aliphatic heterocycles. The first-order chi connectivity index (χ1) is 15.4. The number of carboxylic acids is 2. The Morgan fingerprint density at radius 1 is 1.00 bits per heavy atom. The predicted octanol–water partition coefficient (Wildman–Crippen LogP) is 0.316. The number of likely N-dealkylation sites (tertiary alicyclic amines) is 1. The van der Waals surface area contributed by atoms with E-state index in [1.54, 1.807) is 13.8 Å². The van der Waals surface area contributed by atoms with Crippen LogP contribution in [0.4, 0.5) is 0 Å². The monoisotopic (exact) mass is 470 g/mol. The van der Waals surface area contributed by atoms with E-state index in [1.165, 1.54) is 4.90 Å². The molecule has 0 aromatic heterocycles. The van der Waals surface area contributed by atoms with Crippen molar-refractivity contribution in [3.05, 3.63) is 0 Å². The second-order valence-electron chi connectivity index (χ2n) is 8.81. The minimum absolute atomic E-state index is 0.0386. The maximum Gasteiger partial charge on any atom is 0.326 e. The van der Waals surface area contributed by atoms with E-state index in [2.05, 4.69) is 10.6 Å². The molecule has 0 saturated carbocycles. The number of hydrogen-bond donors (Lipinski definition) is 5. The molecule has 11 heteroatoms. The minimum Gasteiger partial charge on any atom is -0.481 e. The molecule has 1 rings (SSSR count). The summed E-state index contributed by atoms with van der Waals surface area (Å²) >= 11 is 0. The summed E-state index contributed by atoms with van der Waals surface area (Å²) in [5, 5.41) is 23.6. The first kappa shape index (κ1) is 28.3. The van der Waals surface area contributed by atoms with Crippen LogP contribution >= 0.6 is 0 Å². The second-order valence-corrected chi connectivity index (χ2v) is 8.81. The Kier molecular flexibility index (Phi) is 11.3. The maximum absolute atomic E-state index is 13.1. The van der Waals surface area contributed by atoms with E-state index in [0.29, 0.717) is 32.2 Å². The number of nitrogens with two attached hydrogens (primary N) is 1. The first-order valence-corrected chi connectivity index (χ1v) is 11.6. The molecule has 0 spiro atoms. The third kappa shape index (κ3) is 7.99. The Labute approximate surface area is 194 Å². The molecular weight excluding hydrogens is 432 g/mol. The van der Waals surface area contributed by atoms with Crippen molar-refractivity contribution in [2.75, 3.05) is 6.54 Å². The summed E-state index contributed by atoms with van der Waals surface area (Å²) < 4.78 is 0. The van der Waals surface area contributed by atoms with Gasteiger partial charge in [-0.25, -0.2) is 4.79 Å². The van der Waals surface area contributed by atoms with E-state index < -0.39 is 53.8 Å². The molecule has 1 heterocycles. The highest BCUT2D eigenvalue weighted by Crippen LogP contribution is 2.20. The van der Waals surface area contributed by atoms with Gasteiger partial charge in [-0.1, -0.05) is 40.5 Å². The maximum atomic E-state index is 13.1. The summed E-state index contributed by atoms with van der Waals surface area (Å²) in [7, 11) is 0. The Morgan fingerprint density at radius 2 is 1.58 bits per heavy atom. The summed E-state index contributed by atoms with van der Waals surface area (Å²) in [6.45, 7) is 7.50. The smallest absolute Gasteiger partial charge is 0.326 e. The van der Waals surface area contributed by atoms with Gasteiger partial charge in [-0.3, -0.25) is 19.2 Å². The SMILES string of the molecule is CCC(C)C(NC(=O)C(NC(=O)C1CCCN1C(=O)C(N)CCC(=O)O)C(C)CC)C(=O)O. The van der Waals surface area contributed by atoms with Gasteiger partial charge in [0.2, 0.25) is 17.7 Å². The fourth-order valence-electron chi connectivity index (χ4n) is 3.80. The standard InChI is InChI=1S/C22H38N4O7/c1-5-12(3)17(20(30)25-18(22(32)33)13(4)6-2)24-19(29)15-8-7-11-26(15)21(31)14(23)9-10-16(27)28/h12-15,17-18H,5-11,23H2,1-4H3,(H,24,29)(H,25,30)(H,27,28)(H,32,33). The molecule has 6 unspecified atom stereocenters. The third-order valence-electron chi connectivity index (χ3n) is 6.39. The van der Waals surface area contributed by atoms with Gasteiger partial charge < -0.3 is 31.5 Å². The molecule has 1 saturated heterocycles. The van der Waals surface area contributed by atoms with Crippen LogP contribution in [0, 0.1) is 11.8 Å². The van der Waals surface area contributed by atoms with Crippen LogP contribution < -0.4 is 16.4 Å². The zero-order chi connectivity index (χ0) is 25.3. The van der Waals surface area contributed by atoms with E-state index >= 15 is 0 Å². The van der Waals surface area contributed by atoms with Gasteiger partial charge in [-0.15, -0.1) is 0 Å². The molecule has 11 nitrogen and oxygen atoms in total. The molecule has 0 aromatic carbocycles. The van der Waals surface area contributed by atoms with Crippen molar-refractivity contribution < 1.29 is 34.2 Å². The summed E-state index contributed by atoms with van der Waals surface area (Å²) in [5.41, 5.74) is 5.85. The lowest BCUT2D eigenvalue weighted by atomic mass is 9.95.